The first-order chi connectivity index (χ1) is 10.3. The van der Waals surface area contributed by atoms with Gasteiger partial charge in [-0.1, -0.05) is 18.5 Å². The molecule has 0 saturated carbocycles. The normalized spacial score (nSPS) is 12.7. The van der Waals surface area contributed by atoms with Crippen LogP contribution in [0.4, 0.5) is 0 Å². The van der Waals surface area contributed by atoms with Crippen LogP contribution < -0.4 is 5.32 Å². The highest BCUT2D eigenvalue weighted by Crippen LogP contribution is 2.29. The van der Waals surface area contributed by atoms with Crippen molar-refractivity contribution in [2.45, 2.75) is 19.4 Å². The number of hydrogen-bond acceptors (Lipinski definition) is 3. The molecule has 0 radical (unpaired) electrons. The van der Waals surface area contributed by atoms with Crippen molar-refractivity contribution in [3.8, 4) is 0 Å². The Balaban J connectivity index is 2.01. The van der Waals surface area contributed by atoms with E-state index in [0.717, 1.165) is 40.3 Å². The molecule has 0 aliphatic carbocycles. The number of furan rings is 1. The monoisotopic (exact) mass is 300 g/mol. The number of hydrogen-bond donors (Lipinski definition) is 1. The molecule has 0 bridgehead atoms. The zero-order chi connectivity index (χ0) is 14.7. The van der Waals surface area contributed by atoms with E-state index in [9.17, 15) is 0 Å². The lowest BCUT2D eigenvalue weighted by molar-refractivity contribution is 0.469. The Kier molecular flexibility index (Phi) is 4.23. The summed E-state index contributed by atoms with van der Waals surface area (Å²) < 4.78 is 6.00. The molecule has 1 atom stereocenters. The van der Waals surface area contributed by atoms with Crippen LogP contribution in [-0.2, 0) is 0 Å². The standard InChI is InChI=1S/C17H17ClN2O/c1-2-7-20-17(12-5-8-19-9-6-12)16-11-13-10-14(18)3-4-15(13)21-16/h3-6,8-11,17,20H,2,7H2,1H3. The van der Waals surface area contributed by atoms with Gasteiger partial charge < -0.3 is 9.73 Å². The van der Waals surface area contributed by atoms with E-state index in [1.165, 1.54) is 0 Å². The Bertz CT molecular complexity index is 724. The highest BCUT2D eigenvalue weighted by atomic mass is 35.5. The van der Waals surface area contributed by atoms with Gasteiger partial charge in [-0.25, -0.2) is 0 Å². The van der Waals surface area contributed by atoms with E-state index < -0.39 is 0 Å². The Labute approximate surface area is 128 Å². The molecule has 1 unspecified atom stereocenters. The van der Waals surface area contributed by atoms with E-state index in [0.29, 0.717) is 0 Å². The second-order valence-electron chi connectivity index (χ2n) is 5.00. The predicted molar refractivity (Wildman–Crippen MR) is 85.6 cm³/mol. The average molecular weight is 301 g/mol. The molecule has 3 rings (SSSR count). The van der Waals surface area contributed by atoms with Gasteiger partial charge in [0.05, 0.1) is 6.04 Å². The predicted octanol–water partition coefficient (Wildman–Crippen LogP) is 4.57. The summed E-state index contributed by atoms with van der Waals surface area (Å²) in [6.45, 7) is 3.07. The summed E-state index contributed by atoms with van der Waals surface area (Å²) in [7, 11) is 0. The fourth-order valence-electron chi connectivity index (χ4n) is 2.40. The minimum atomic E-state index is 0.0270. The maximum absolute atomic E-state index is 6.04. The topological polar surface area (TPSA) is 38.1 Å². The van der Waals surface area contributed by atoms with Crippen LogP contribution >= 0.6 is 11.6 Å². The van der Waals surface area contributed by atoms with Crippen molar-refractivity contribution >= 4 is 22.6 Å². The third kappa shape index (κ3) is 3.09. The molecule has 3 aromatic rings. The molecule has 2 aromatic heterocycles. The van der Waals surface area contributed by atoms with E-state index in [1.807, 2.05) is 30.3 Å². The van der Waals surface area contributed by atoms with Gasteiger partial charge in [0.1, 0.15) is 11.3 Å². The van der Waals surface area contributed by atoms with Crippen LogP contribution in [0.3, 0.4) is 0 Å². The molecule has 108 valence electrons. The van der Waals surface area contributed by atoms with Crippen molar-refractivity contribution in [1.29, 1.82) is 0 Å². The van der Waals surface area contributed by atoms with Crippen LogP contribution in [0, 0.1) is 0 Å². The van der Waals surface area contributed by atoms with Crippen LogP contribution in [0.25, 0.3) is 11.0 Å². The largest absolute Gasteiger partial charge is 0.459 e. The molecule has 2 heterocycles. The van der Waals surface area contributed by atoms with Gasteiger partial charge in [0, 0.05) is 22.8 Å². The zero-order valence-electron chi connectivity index (χ0n) is 11.8. The van der Waals surface area contributed by atoms with Crippen LogP contribution in [0.15, 0.2) is 53.2 Å². The summed E-state index contributed by atoms with van der Waals surface area (Å²) in [4.78, 5) is 4.08. The Hall–Kier alpha value is -1.84. The molecule has 0 amide bonds. The number of nitrogens with one attached hydrogen (secondary N) is 1. The molecule has 4 heteroatoms. The summed E-state index contributed by atoms with van der Waals surface area (Å²) in [5.74, 6) is 0.895. The molecule has 21 heavy (non-hydrogen) atoms. The smallest absolute Gasteiger partial charge is 0.134 e. The third-order valence-electron chi connectivity index (χ3n) is 3.42. The van der Waals surface area contributed by atoms with Crippen molar-refractivity contribution in [1.82, 2.24) is 10.3 Å². The number of fused-ring (bicyclic) bond motifs is 1. The minimum absolute atomic E-state index is 0.0270. The molecular weight excluding hydrogens is 284 g/mol. The highest BCUT2D eigenvalue weighted by Gasteiger charge is 2.17. The Morgan fingerprint density at radius 2 is 2.00 bits per heavy atom. The number of pyridine rings is 1. The van der Waals surface area contributed by atoms with Crippen molar-refractivity contribution in [3.63, 3.8) is 0 Å². The first kappa shape index (κ1) is 14.1. The first-order valence-corrected chi connectivity index (χ1v) is 7.48. The van der Waals surface area contributed by atoms with Crippen molar-refractivity contribution in [3.05, 3.63) is 65.1 Å². The third-order valence-corrected chi connectivity index (χ3v) is 3.65. The van der Waals surface area contributed by atoms with Crippen molar-refractivity contribution in [2.24, 2.45) is 0 Å². The Morgan fingerprint density at radius 1 is 1.19 bits per heavy atom. The van der Waals surface area contributed by atoms with E-state index in [-0.39, 0.29) is 6.04 Å². The van der Waals surface area contributed by atoms with Crippen molar-refractivity contribution in [2.75, 3.05) is 6.54 Å². The number of nitrogens with zero attached hydrogens (tertiary/aromatic N) is 1. The lowest BCUT2D eigenvalue weighted by atomic mass is 10.1. The minimum Gasteiger partial charge on any atom is -0.459 e. The van der Waals surface area contributed by atoms with Gasteiger partial charge >= 0.3 is 0 Å². The van der Waals surface area contributed by atoms with Gasteiger partial charge in [0.25, 0.3) is 0 Å². The fourth-order valence-corrected chi connectivity index (χ4v) is 2.58. The van der Waals surface area contributed by atoms with Crippen LogP contribution in [0.2, 0.25) is 5.02 Å². The lowest BCUT2D eigenvalue weighted by Crippen LogP contribution is -2.22. The summed E-state index contributed by atoms with van der Waals surface area (Å²) >= 11 is 6.04. The number of benzene rings is 1. The highest BCUT2D eigenvalue weighted by molar-refractivity contribution is 6.31. The van der Waals surface area contributed by atoms with Crippen LogP contribution in [0.5, 0.6) is 0 Å². The van der Waals surface area contributed by atoms with Gasteiger partial charge in [-0.15, -0.1) is 0 Å². The second-order valence-corrected chi connectivity index (χ2v) is 5.44. The van der Waals surface area contributed by atoms with Gasteiger partial charge in [-0.3, -0.25) is 4.98 Å². The summed E-state index contributed by atoms with van der Waals surface area (Å²) in [6.07, 6.45) is 4.67. The van der Waals surface area contributed by atoms with Crippen LogP contribution in [-0.4, -0.2) is 11.5 Å². The Morgan fingerprint density at radius 3 is 2.76 bits per heavy atom. The van der Waals surface area contributed by atoms with Gasteiger partial charge in [0.2, 0.25) is 0 Å². The summed E-state index contributed by atoms with van der Waals surface area (Å²) in [5, 5.41) is 5.27. The lowest BCUT2D eigenvalue weighted by Gasteiger charge is -2.16. The number of halogens is 1. The molecule has 0 fully saturated rings. The summed E-state index contributed by atoms with van der Waals surface area (Å²) in [5.41, 5.74) is 2.00. The van der Waals surface area contributed by atoms with E-state index in [4.69, 9.17) is 16.0 Å². The molecule has 0 aliphatic rings. The maximum atomic E-state index is 6.04. The fraction of sp³-hybridized carbons (Fsp3) is 0.235. The molecular formula is C17H17ClN2O. The SMILES string of the molecule is CCCNC(c1ccncc1)c1cc2cc(Cl)ccc2o1. The van der Waals surface area contributed by atoms with Crippen LogP contribution in [0.1, 0.15) is 30.7 Å². The molecule has 0 saturated heterocycles. The summed E-state index contributed by atoms with van der Waals surface area (Å²) in [6, 6.07) is 11.8. The molecule has 0 spiro atoms. The van der Waals surface area contributed by atoms with Gasteiger partial charge in [-0.2, -0.15) is 0 Å². The molecule has 0 aliphatic heterocycles. The molecule has 1 N–H and O–H groups in total. The first-order valence-electron chi connectivity index (χ1n) is 7.10. The van der Waals surface area contributed by atoms with E-state index in [1.54, 1.807) is 12.4 Å². The van der Waals surface area contributed by atoms with Gasteiger partial charge in [0.15, 0.2) is 0 Å². The quantitative estimate of drug-likeness (QED) is 0.750. The van der Waals surface area contributed by atoms with Crippen molar-refractivity contribution < 1.29 is 4.42 Å². The van der Waals surface area contributed by atoms with E-state index in [2.05, 4.69) is 23.3 Å². The molecule has 1 aromatic carbocycles. The number of aromatic nitrogens is 1. The van der Waals surface area contributed by atoms with Gasteiger partial charge in [-0.05, 0) is 54.9 Å². The molecule has 3 nitrogen and oxygen atoms in total. The van der Waals surface area contributed by atoms with E-state index >= 15 is 0 Å². The maximum Gasteiger partial charge on any atom is 0.134 e. The average Bonchev–Trinajstić information content (AvgIpc) is 2.91. The zero-order valence-corrected chi connectivity index (χ0v) is 12.6. The second kappa shape index (κ2) is 6.29. The number of rotatable bonds is 5.